The molecule has 0 spiro atoms. The first-order valence-corrected chi connectivity index (χ1v) is 12.3. The zero-order valence-electron chi connectivity index (χ0n) is 20.3. The van der Waals surface area contributed by atoms with E-state index in [-0.39, 0.29) is 24.9 Å². The summed E-state index contributed by atoms with van der Waals surface area (Å²) in [6, 6.07) is 17.4. The minimum atomic E-state index is -0.876. The molecule has 0 fully saturated rings. The number of nitrogens with zero attached hydrogens (tertiary/aromatic N) is 5. The Hall–Kier alpha value is -3.78. The molecule has 2 aromatic carbocycles. The summed E-state index contributed by atoms with van der Waals surface area (Å²) in [6.45, 7) is 4.78. The Morgan fingerprint density at radius 2 is 1.75 bits per heavy atom. The second-order valence-electron chi connectivity index (χ2n) is 9.01. The van der Waals surface area contributed by atoms with Crippen LogP contribution in [0, 0.1) is 5.92 Å². The van der Waals surface area contributed by atoms with E-state index < -0.39 is 6.04 Å². The van der Waals surface area contributed by atoms with Crippen molar-refractivity contribution in [1.29, 1.82) is 0 Å². The largest absolute Gasteiger partial charge is 0.354 e. The van der Waals surface area contributed by atoms with Gasteiger partial charge < -0.3 is 10.2 Å². The number of fused-ring (bicyclic) bond motifs is 1. The van der Waals surface area contributed by atoms with Crippen LogP contribution in [0.4, 0.5) is 0 Å². The maximum Gasteiger partial charge on any atom is 0.247 e. The number of pyridine rings is 1. The molecule has 1 atom stereocenters. The quantitative estimate of drug-likeness (QED) is 0.345. The number of hydrogen-bond acceptors (Lipinski definition) is 5. The molecule has 36 heavy (non-hydrogen) atoms. The number of rotatable bonds is 10. The van der Waals surface area contributed by atoms with Crippen LogP contribution in [0.25, 0.3) is 11.0 Å². The van der Waals surface area contributed by atoms with Crippen molar-refractivity contribution in [2.75, 3.05) is 6.54 Å². The van der Waals surface area contributed by atoms with Crippen LogP contribution < -0.4 is 5.32 Å². The van der Waals surface area contributed by atoms with Crippen molar-refractivity contribution in [3.05, 3.63) is 89.2 Å². The van der Waals surface area contributed by atoms with Crippen LogP contribution >= 0.6 is 11.6 Å². The van der Waals surface area contributed by atoms with Crippen LogP contribution in [-0.2, 0) is 22.7 Å². The summed E-state index contributed by atoms with van der Waals surface area (Å²) >= 11 is 6.47. The first-order chi connectivity index (χ1) is 17.4. The summed E-state index contributed by atoms with van der Waals surface area (Å²) in [5, 5.41) is 11.9. The van der Waals surface area contributed by atoms with Gasteiger partial charge in [0.25, 0.3) is 0 Å². The maximum atomic E-state index is 13.9. The molecule has 186 valence electrons. The van der Waals surface area contributed by atoms with E-state index in [9.17, 15) is 9.59 Å². The molecule has 9 heteroatoms. The minimum Gasteiger partial charge on any atom is -0.354 e. The van der Waals surface area contributed by atoms with Gasteiger partial charge in [-0.2, -0.15) is 0 Å². The van der Waals surface area contributed by atoms with E-state index in [1.807, 2.05) is 42.5 Å². The third kappa shape index (κ3) is 6.07. The van der Waals surface area contributed by atoms with Crippen molar-refractivity contribution in [2.24, 2.45) is 5.92 Å². The predicted octanol–water partition coefficient (Wildman–Crippen LogP) is 4.41. The lowest BCUT2D eigenvalue weighted by atomic mass is 10.0. The fourth-order valence-corrected chi connectivity index (χ4v) is 4.18. The number of hydrogen-bond donors (Lipinski definition) is 1. The Morgan fingerprint density at radius 3 is 2.50 bits per heavy atom. The van der Waals surface area contributed by atoms with E-state index >= 15 is 0 Å². The number of carbonyl (C=O) groups excluding carboxylic acids is 2. The SMILES string of the molecule is CC(C)CCNC(=O)C(c1ccncc1)N(Cc1ccccc1Cl)C(=O)Cn1nnc2ccccc21. The number of nitrogens with one attached hydrogen (secondary N) is 1. The Morgan fingerprint density at radius 1 is 1.03 bits per heavy atom. The van der Waals surface area contributed by atoms with Gasteiger partial charge in [0.05, 0.1) is 5.52 Å². The zero-order valence-corrected chi connectivity index (χ0v) is 21.1. The summed E-state index contributed by atoms with van der Waals surface area (Å²) < 4.78 is 1.55. The topological polar surface area (TPSA) is 93.0 Å². The van der Waals surface area contributed by atoms with Gasteiger partial charge in [0.1, 0.15) is 18.1 Å². The Balaban J connectivity index is 1.71. The Kier molecular flexibility index (Phi) is 8.28. The number of aromatic nitrogens is 4. The van der Waals surface area contributed by atoms with Gasteiger partial charge in [0.15, 0.2) is 0 Å². The molecule has 0 saturated carbocycles. The van der Waals surface area contributed by atoms with Crippen molar-refractivity contribution in [3.8, 4) is 0 Å². The molecular weight excluding hydrogens is 476 g/mol. The van der Waals surface area contributed by atoms with E-state index in [2.05, 4.69) is 34.5 Å². The highest BCUT2D eigenvalue weighted by molar-refractivity contribution is 6.31. The monoisotopic (exact) mass is 504 g/mol. The predicted molar refractivity (Wildman–Crippen MR) is 139 cm³/mol. The summed E-state index contributed by atoms with van der Waals surface area (Å²) in [5.74, 6) is -0.108. The molecule has 0 saturated heterocycles. The number of carbonyl (C=O) groups is 2. The van der Waals surface area contributed by atoms with Crippen LogP contribution in [0.3, 0.4) is 0 Å². The lowest BCUT2D eigenvalue weighted by molar-refractivity contribution is -0.142. The molecule has 2 amide bonds. The fourth-order valence-electron chi connectivity index (χ4n) is 3.99. The number of halogens is 1. The molecule has 1 N–H and O–H groups in total. The lowest BCUT2D eigenvalue weighted by Crippen LogP contribution is -2.45. The van der Waals surface area contributed by atoms with Crippen LogP contribution in [-0.4, -0.2) is 43.2 Å². The second kappa shape index (κ2) is 11.8. The van der Waals surface area contributed by atoms with Crippen LogP contribution in [0.5, 0.6) is 0 Å². The maximum absolute atomic E-state index is 13.9. The molecule has 0 bridgehead atoms. The van der Waals surface area contributed by atoms with Crippen LogP contribution in [0.2, 0.25) is 5.02 Å². The van der Waals surface area contributed by atoms with Crippen molar-refractivity contribution in [2.45, 2.75) is 39.4 Å². The Bertz CT molecular complexity index is 1320. The standard InChI is InChI=1S/C27H29ClN6O2/c1-19(2)11-16-30-27(36)26(20-12-14-29-15-13-20)33(17-21-7-3-4-8-22(21)28)25(35)18-34-24-10-6-5-9-23(24)31-32-34/h3-10,12-15,19,26H,11,16-18H2,1-2H3,(H,30,36). The number of benzene rings is 2. The highest BCUT2D eigenvalue weighted by Crippen LogP contribution is 2.27. The van der Waals surface area contributed by atoms with Crippen molar-refractivity contribution >= 4 is 34.4 Å². The highest BCUT2D eigenvalue weighted by atomic mass is 35.5. The van der Waals surface area contributed by atoms with E-state index in [4.69, 9.17) is 11.6 Å². The molecule has 0 aliphatic heterocycles. The molecule has 0 radical (unpaired) electrons. The van der Waals surface area contributed by atoms with Gasteiger partial charge in [-0.1, -0.05) is 61.0 Å². The van der Waals surface area contributed by atoms with E-state index in [1.165, 1.54) is 0 Å². The van der Waals surface area contributed by atoms with Gasteiger partial charge in [-0.3, -0.25) is 14.6 Å². The van der Waals surface area contributed by atoms with Gasteiger partial charge in [0, 0.05) is 30.5 Å². The van der Waals surface area contributed by atoms with E-state index in [0.717, 1.165) is 17.5 Å². The summed E-state index contributed by atoms with van der Waals surface area (Å²) in [5.41, 5.74) is 2.84. The molecule has 1 unspecified atom stereocenters. The fraction of sp³-hybridized carbons (Fsp3) is 0.296. The van der Waals surface area contributed by atoms with E-state index in [1.54, 1.807) is 40.2 Å². The van der Waals surface area contributed by atoms with Gasteiger partial charge in [0.2, 0.25) is 11.8 Å². The van der Waals surface area contributed by atoms with Crippen LogP contribution in [0.15, 0.2) is 73.1 Å². The second-order valence-corrected chi connectivity index (χ2v) is 9.41. The normalized spacial score (nSPS) is 12.0. The van der Waals surface area contributed by atoms with Crippen molar-refractivity contribution in [1.82, 2.24) is 30.2 Å². The average Bonchev–Trinajstić information content (AvgIpc) is 3.28. The summed E-state index contributed by atoms with van der Waals surface area (Å²) in [7, 11) is 0. The summed E-state index contributed by atoms with van der Waals surface area (Å²) in [4.78, 5) is 33.1. The molecular formula is C27H29ClN6O2. The average molecular weight is 505 g/mol. The molecule has 4 rings (SSSR count). The first kappa shape index (κ1) is 25.3. The summed E-state index contributed by atoms with van der Waals surface area (Å²) in [6.07, 6.45) is 4.07. The first-order valence-electron chi connectivity index (χ1n) is 11.9. The molecule has 0 aliphatic carbocycles. The van der Waals surface area contributed by atoms with Gasteiger partial charge >= 0.3 is 0 Å². The molecule has 2 aromatic heterocycles. The smallest absolute Gasteiger partial charge is 0.247 e. The van der Waals surface area contributed by atoms with Crippen molar-refractivity contribution in [3.63, 3.8) is 0 Å². The third-order valence-corrected chi connectivity index (χ3v) is 6.30. The van der Waals surface area contributed by atoms with Crippen LogP contribution in [0.1, 0.15) is 37.4 Å². The number of para-hydroxylation sites is 1. The van der Waals surface area contributed by atoms with Crippen molar-refractivity contribution < 1.29 is 9.59 Å². The minimum absolute atomic E-state index is 0.0776. The van der Waals surface area contributed by atoms with Gasteiger partial charge in [-0.25, -0.2) is 4.68 Å². The molecule has 2 heterocycles. The van der Waals surface area contributed by atoms with E-state index in [0.29, 0.717) is 28.6 Å². The number of amides is 2. The zero-order chi connectivity index (χ0) is 25.5. The van der Waals surface area contributed by atoms with Gasteiger partial charge in [-0.05, 0) is 53.8 Å². The highest BCUT2D eigenvalue weighted by Gasteiger charge is 2.32. The molecule has 4 aromatic rings. The molecule has 8 nitrogen and oxygen atoms in total. The lowest BCUT2D eigenvalue weighted by Gasteiger charge is -2.32. The Labute approximate surface area is 215 Å². The molecule has 0 aliphatic rings. The third-order valence-electron chi connectivity index (χ3n) is 5.93. The van der Waals surface area contributed by atoms with Gasteiger partial charge in [-0.15, -0.1) is 5.10 Å².